The number of amides is 3. The van der Waals surface area contributed by atoms with E-state index >= 15 is 0 Å². The van der Waals surface area contributed by atoms with Crippen LogP contribution in [0.3, 0.4) is 0 Å². The molecule has 1 fully saturated rings. The summed E-state index contributed by atoms with van der Waals surface area (Å²) in [6.07, 6.45) is 8.56. The van der Waals surface area contributed by atoms with E-state index < -0.39 is 24.0 Å². The van der Waals surface area contributed by atoms with Crippen molar-refractivity contribution in [3.63, 3.8) is 0 Å². The molecule has 0 bridgehead atoms. The number of benzene rings is 1. The zero-order valence-electron chi connectivity index (χ0n) is 24.2. The first-order chi connectivity index (χ1) is 19.7. The molecule has 13 N–H and O–H groups in total. The van der Waals surface area contributed by atoms with Crippen LogP contribution in [-0.4, -0.2) is 67.5 Å². The summed E-state index contributed by atoms with van der Waals surface area (Å²) >= 11 is 0. The zero-order valence-corrected chi connectivity index (χ0v) is 24.2. The van der Waals surface area contributed by atoms with Gasteiger partial charge in [0.25, 0.3) is 0 Å². The van der Waals surface area contributed by atoms with Crippen LogP contribution >= 0.6 is 0 Å². The maximum Gasteiger partial charge on any atom is 0.240 e. The molecular formula is C29H51N9O3. The van der Waals surface area contributed by atoms with Gasteiger partial charge in [-0.15, -0.1) is 0 Å². The first kappa shape index (κ1) is 34.0. The largest absolute Gasteiger partial charge is 0.370 e. The van der Waals surface area contributed by atoms with Crippen LogP contribution in [0.25, 0.3) is 0 Å². The summed E-state index contributed by atoms with van der Waals surface area (Å²) in [5.41, 5.74) is 23.8. The number of rotatable bonds is 20. The molecule has 2 rings (SSSR count). The Hall–Kier alpha value is -3.22. The molecule has 0 spiro atoms. The Kier molecular flexibility index (Phi) is 15.7. The fraction of sp³-hybridized carbons (Fsp3) is 0.655. The number of nitrogens with one attached hydrogen (secondary N) is 5. The van der Waals surface area contributed by atoms with Crippen LogP contribution in [0.5, 0.6) is 0 Å². The minimum atomic E-state index is -0.758. The Balaban J connectivity index is 2.07. The lowest BCUT2D eigenvalue weighted by atomic mass is 9.96. The summed E-state index contributed by atoms with van der Waals surface area (Å²) in [6.45, 7) is 1.32. The number of hydrogen-bond acceptors (Lipinski definition) is 7. The Bertz CT molecular complexity index is 941. The lowest BCUT2D eigenvalue weighted by Crippen LogP contribution is -2.55. The third-order valence-electron chi connectivity index (χ3n) is 7.60. The summed E-state index contributed by atoms with van der Waals surface area (Å²) in [5, 5.41) is 19.4. The minimum absolute atomic E-state index is 0.114. The molecule has 0 saturated heterocycles. The van der Waals surface area contributed by atoms with E-state index in [9.17, 15) is 14.4 Å². The quantitative estimate of drug-likeness (QED) is 0.0582. The van der Waals surface area contributed by atoms with Crippen LogP contribution in [-0.2, 0) is 20.8 Å². The van der Waals surface area contributed by atoms with Crippen LogP contribution in [0.1, 0.15) is 69.8 Å². The molecule has 230 valence electrons. The summed E-state index contributed by atoms with van der Waals surface area (Å²) < 4.78 is 0. The topological polar surface area (TPSA) is 227 Å². The fourth-order valence-electron chi connectivity index (χ4n) is 5.26. The Labute approximate surface area is 244 Å². The summed E-state index contributed by atoms with van der Waals surface area (Å²) in [6, 6.07) is 7.26. The summed E-state index contributed by atoms with van der Waals surface area (Å²) in [5.74, 6) is -0.805. The van der Waals surface area contributed by atoms with Crippen LogP contribution in [0, 0.1) is 11.3 Å². The molecule has 4 atom stereocenters. The lowest BCUT2D eigenvalue weighted by Gasteiger charge is -2.27. The average molecular weight is 574 g/mol. The van der Waals surface area contributed by atoms with Crippen molar-refractivity contribution in [2.75, 3.05) is 19.6 Å². The molecule has 41 heavy (non-hydrogen) atoms. The van der Waals surface area contributed by atoms with Gasteiger partial charge in [-0.2, -0.15) is 0 Å². The van der Waals surface area contributed by atoms with Crippen LogP contribution in [0.2, 0.25) is 0 Å². The van der Waals surface area contributed by atoms with Crippen molar-refractivity contribution in [2.45, 2.75) is 94.8 Å². The maximum absolute atomic E-state index is 13.4. The first-order valence-electron chi connectivity index (χ1n) is 14.9. The van der Waals surface area contributed by atoms with Gasteiger partial charge in [0, 0.05) is 19.1 Å². The van der Waals surface area contributed by atoms with Gasteiger partial charge in [0.1, 0.15) is 6.04 Å². The molecule has 12 nitrogen and oxygen atoms in total. The second-order valence-corrected chi connectivity index (χ2v) is 11.1. The van der Waals surface area contributed by atoms with Crippen molar-refractivity contribution in [2.24, 2.45) is 28.9 Å². The molecule has 1 saturated carbocycles. The van der Waals surface area contributed by atoms with E-state index in [4.69, 9.17) is 28.3 Å². The van der Waals surface area contributed by atoms with E-state index in [-0.39, 0.29) is 23.8 Å². The lowest BCUT2D eigenvalue weighted by molar-refractivity contribution is -0.129. The van der Waals surface area contributed by atoms with E-state index in [1.165, 1.54) is 0 Å². The van der Waals surface area contributed by atoms with Gasteiger partial charge >= 0.3 is 0 Å². The summed E-state index contributed by atoms with van der Waals surface area (Å²) in [7, 11) is 0. The van der Waals surface area contributed by atoms with Gasteiger partial charge in [-0.05, 0) is 63.0 Å². The van der Waals surface area contributed by atoms with Gasteiger partial charge < -0.3 is 44.2 Å². The van der Waals surface area contributed by atoms with Crippen LogP contribution < -0.4 is 44.2 Å². The monoisotopic (exact) mass is 573 g/mol. The molecule has 0 radical (unpaired) electrons. The highest BCUT2D eigenvalue weighted by Gasteiger charge is 2.29. The van der Waals surface area contributed by atoms with Gasteiger partial charge in [0.15, 0.2) is 5.96 Å². The van der Waals surface area contributed by atoms with Gasteiger partial charge in [-0.1, -0.05) is 56.0 Å². The highest BCUT2D eigenvalue weighted by atomic mass is 16.2. The smallest absolute Gasteiger partial charge is 0.240 e. The van der Waals surface area contributed by atoms with E-state index in [2.05, 4.69) is 21.3 Å². The van der Waals surface area contributed by atoms with Gasteiger partial charge in [0.05, 0.1) is 12.1 Å². The van der Waals surface area contributed by atoms with Crippen molar-refractivity contribution in [3.05, 3.63) is 35.9 Å². The second-order valence-electron chi connectivity index (χ2n) is 11.1. The van der Waals surface area contributed by atoms with E-state index in [0.29, 0.717) is 64.1 Å². The number of guanidine groups is 1. The van der Waals surface area contributed by atoms with Crippen LogP contribution in [0.4, 0.5) is 0 Å². The average Bonchev–Trinajstić information content (AvgIpc) is 3.46. The van der Waals surface area contributed by atoms with E-state index in [1.54, 1.807) is 0 Å². The molecule has 12 heteroatoms. The van der Waals surface area contributed by atoms with Gasteiger partial charge in [-0.25, -0.2) is 0 Å². The molecule has 1 aliphatic rings. The molecule has 1 aromatic rings. The molecular weight excluding hydrogens is 522 g/mol. The number of hydrogen-bond donors (Lipinski definition) is 9. The highest BCUT2D eigenvalue weighted by molar-refractivity contribution is 5.89. The van der Waals surface area contributed by atoms with Crippen molar-refractivity contribution in [1.82, 2.24) is 21.3 Å². The highest BCUT2D eigenvalue weighted by Crippen LogP contribution is 2.28. The minimum Gasteiger partial charge on any atom is -0.370 e. The number of primary amides is 1. The van der Waals surface area contributed by atoms with Crippen LogP contribution in [0.15, 0.2) is 30.3 Å². The number of unbranched alkanes of at least 4 members (excludes halogenated alkanes) is 1. The Morgan fingerprint density at radius 2 is 1.63 bits per heavy atom. The first-order valence-corrected chi connectivity index (χ1v) is 14.9. The van der Waals surface area contributed by atoms with Crippen molar-refractivity contribution in [1.29, 1.82) is 5.41 Å². The predicted molar refractivity (Wildman–Crippen MR) is 162 cm³/mol. The Morgan fingerprint density at radius 1 is 0.927 bits per heavy atom. The van der Waals surface area contributed by atoms with Gasteiger partial charge in [0.2, 0.25) is 17.7 Å². The number of nitrogens with two attached hydrogens (primary N) is 4. The summed E-state index contributed by atoms with van der Waals surface area (Å²) in [4.78, 5) is 38.5. The Morgan fingerprint density at radius 3 is 2.27 bits per heavy atom. The fourth-order valence-corrected chi connectivity index (χ4v) is 5.26. The predicted octanol–water partition coefficient (Wildman–Crippen LogP) is -0.0579. The maximum atomic E-state index is 13.4. The van der Waals surface area contributed by atoms with Crippen molar-refractivity contribution in [3.8, 4) is 0 Å². The normalized spacial score (nSPS) is 16.3. The van der Waals surface area contributed by atoms with E-state index in [0.717, 1.165) is 37.7 Å². The van der Waals surface area contributed by atoms with Crippen molar-refractivity contribution < 1.29 is 14.4 Å². The molecule has 3 amide bonds. The SMILES string of the molecule is N=C(N)NCCCC(CNC(CC1CCCC1)C(=O)NC(CCCCN)C(N)=O)NC(=O)C(N)Cc1ccccc1. The molecule has 1 aromatic carbocycles. The molecule has 1 aliphatic carbocycles. The standard InChI is InChI=1S/C29H51N9O3/c30-15-7-6-14-24(26(32)39)38-28(41)25(18-21-11-4-5-12-21)36-19-22(13-8-16-35-29(33)34)37-27(40)23(31)17-20-9-2-1-3-10-20/h1-3,9-10,21-25,36H,4-8,11-19,30-31H2,(H2,32,39)(H,37,40)(H,38,41)(H4,33,34,35). The molecule has 0 heterocycles. The number of carbonyl (C=O) groups is 3. The van der Waals surface area contributed by atoms with Crippen molar-refractivity contribution >= 4 is 23.7 Å². The molecule has 4 unspecified atom stereocenters. The zero-order chi connectivity index (χ0) is 30.0. The third-order valence-corrected chi connectivity index (χ3v) is 7.60. The number of carbonyl (C=O) groups excluding carboxylic acids is 3. The van der Waals surface area contributed by atoms with Gasteiger partial charge in [-0.3, -0.25) is 19.8 Å². The second kappa shape index (κ2) is 19.0. The third kappa shape index (κ3) is 13.8. The van der Waals surface area contributed by atoms with E-state index in [1.807, 2.05) is 30.3 Å². The molecule has 0 aliphatic heterocycles. The molecule has 0 aromatic heterocycles.